The fraction of sp³-hybridized carbons (Fsp3) is 0.696. The van der Waals surface area contributed by atoms with Crippen molar-refractivity contribution in [1.29, 1.82) is 0 Å². The Balaban J connectivity index is 1.21. The van der Waals surface area contributed by atoms with Crippen LogP contribution in [-0.4, -0.2) is 52.9 Å². The summed E-state index contributed by atoms with van der Waals surface area (Å²) in [5, 5.41) is 3.79. The minimum Gasteiger partial charge on any atom is -0.351 e. The SMILES string of the molecule is C/C(=C/C(=O)N1CCN(C(=O)c2cc(C)no2)CC1)C12CC3CC(CC(C3)C1)C2. The molecule has 4 bridgehead atoms. The van der Waals surface area contributed by atoms with Gasteiger partial charge in [-0.2, -0.15) is 0 Å². The van der Waals surface area contributed by atoms with Gasteiger partial charge in [0.05, 0.1) is 5.69 Å². The van der Waals surface area contributed by atoms with Gasteiger partial charge in [0.15, 0.2) is 0 Å². The Bertz CT molecular complexity index is 812. The maximum absolute atomic E-state index is 13.0. The van der Waals surface area contributed by atoms with Crippen molar-refractivity contribution in [2.75, 3.05) is 26.2 Å². The van der Waals surface area contributed by atoms with Gasteiger partial charge in [-0.3, -0.25) is 9.59 Å². The van der Waals surface area contributed by atoms with E-state index >= 15 is 0 Å². The highest BCUT2D eigenvalue weighted by molar-refractivity contribution is 5.92. The molecule has 0 atom stereocenters. The van der Waals surface area contributed by atoms with Gasteiger partial charge in [0.2, 0.25) is 11.7 Å². The second-order valence-electron chi connectivity index (χ2n) is 9.98. The Kier molecular flexibility index (Phi) is 4.56. The number of hydrogen-bond acceptors (Lipinski definition) is 4. The van der Waals surface area contributed by atoms with Crippen LogP contribution in [0.15, 0.2) is 22.2 Å². The molecule has 0 N–H and O–H groups in total. The molecule has 1 aromatic heterocycles. The zero-order chi connectivity index (χ0) is 20.2. The van der Waals surface area contributed by atoms with Crippen LogP contribution in [-0.2, 0) is 4.79 Å². The van der Waals surface area contributed by atoms with E-state index in [4.69, 9.17) is 4.52 Å². The molecule has 5 fully saturated rings. The number of aromatic nitrogens is 1. The van der Waals surface area contributed by atoms with E-state index in [9.17, 15) is 9.59 Å². The van der Waals surface area contributed by atoms with Crippen LogP contribution in [0.4, 0.5) is 0 Å². The zero-order valence-electron chi connectivity index (χ0n) is 17.5. The first kappa shape index (κ1) is 18.9. The summed E-state index contributed by atoms with van der Waals surface area (Å²) in [5.41, 5.74) is 2.29. The minimum atomic E-state index is -0.141. The lowest BCUT2D eigenvalue weighted by Gasteiger charge is -2.57. The van der Waals surface area contributed by atoms with E-state index < -0.39 is 0 Å². The number of carbonyl (C=O) groups is 2. The second-order valence-corrected chi connectivity index (χ2v) is 9.98. The maximum Gasteiger partial charge on any atom is 0.292 e. The summed E-state index contributed by atoms with van der Waals surface area (Å²) in [5.74, 6) is 2.90. The molecule has 1 saturated heterocycles. The molecular formula is C23H31N3O3. The van der Waals surface area contributed by atoms with Gasteiger partial charge in [0.1, 0.15) is 0 Å². The lowest BCUT2D eigenvalue weighted by molar-refractivity contribution is -0.127. The Morgan fingerprint density at radius 3 is 2.10 bits per heavy atom. The van der Waals surface area contributed by atoms with Gasteiger partial charge < -0.3 is 14.3 Å². The van der Waals surface area contributed by atoms with Gasteiger partial charge >= 0.3 is 0 Å². The van der Waals surface area contributed by atoms with Crippen LogP contribution in [0.3, 0.4) is 0 Å². The van der Waals surface area contributed by atoms with E-state index in [2.05, 4.69) is 12.1 Å². The number of piperazine rings is 1. The predicted molar refractivity (Wildman–Crippen MR) is 108 cm³/mol. The number of amides is 2. The summed E-state index contributed by atoms with van der Waals surface area (Å²) >= 11 is 0. The molecule has 5 aliphatic rings. The van der Waals surface area contributed by atoms with Crippen molar-refractivity contribution in [1.82, 2.24) is 15.0 Å². The molecule has 1 aliphatic heterocycles. The highest BCUT2D eigenvalue weighted by Gasteiger charge is 2.51. The molecule has 0 aromatic carbocycles. The quantitative estimate of drug-likeness (QED) is 0.733. The second kappa shape index (κ2) is 6.99. The van der Waals surface area contributed by atoms with Crippen molar-refractivity contribution >= 4 is 11.8 Å². The summed E-state index contributed by atoms with van der Waals surface area (Å²) < 4.78 is 5.09. The van der Waals surface area contributed by atoms with Crippen LogP contribution >= 0.6 is 0 Å². The van der Waals surface area contributed by atoms with E-state index in [0.717, 1.165) is 17.8 Å². The number of carbonyl (C=O) groups excluding carboxylic acids is 2. The Hall–Kier alpha value is -2.11. The van der Waals surface area contributed by atoms with Gasteiger partial charge in [-0.05, 0) is 75.5 Å². The predicted octanol–water partition coefficient (Wildman–Crippen LogP) is 3.43. The smallest absolute Gasteiger partial charge is 0.292 e. The van der Waals surface area contributed by atoms with Gasteiger partial charge in [-0.25, -0.2) is 0 Å². The summed E-state index contributed by atoms with van der Waals surface area (Å²) in [7, 11) is 0. The molecule has 2 amide bonds. The van der Waals surface area contributed by atoms with Crippen molar-refractivity contribution < 1.29 is 14.1 Å². The first-order valence-electron chi connectivity index (χ1n) is 11.1. The van der Waals surface area contributed by atoms with E-state index in [1.165, 1.54) is 44.1 Å². The van der Waals surface area contributed by atoms with Crippen molar-refractivity contribution in [3.63, 3.8) is 0 Å². The third-order valence-electron chi connectivity index (χ3n) is 7.93. The van der Waals surface area contributed by atoms with E-state index in [-0.39, 0.29) is 23.0 Å². The van der Waals surface area contributed by atoms with Crippen LogP contribution in [0.25, 0.3) is 0 Å². The minimum absolute atomic E-state index is 0.112. The van der Waals surface area contributed by atoms with Crippen LogP contribution in [0.1, 0.15) is 61.7 Å². The molecular weight excluding hydrogens is 366 g/mol. The fourth-order valence-corrected chi connectivity index (χ4v) is 6.77. The number of aryl methyl sites for hydroxylation is 1. The van der Waals surface area contributed by atoms with Crippen LogP contribution in [0.2, 0.25) is 0 Å². The average Bonchev–Trinajstić information content (AvgIpc) is 3.13. The molecule has 2 heterocycles. The summed E-state index contributed by atoms with van der Waals surface area (Å²) in [4.78, 5) is 29.1. The molecule has 0 unspecified atom stereocenters. The molecule has 1 aromatic rings. The van der Waals surface area contributed by atoms with Crippen molar-refractivity contribution in [3.8, 4) is 0 Å². The first-order chi connectivity index (χ1) is 13.9. The number of hydrogen-bond donors (Lipinski definition) is 0. The lowest BCUT2D eigenvalue weighted by atomic mass is 9.48. The lowest BCUT2D eigenvalue weighted by Crippen LogP contribution is -2.50. The molecule has 29 heavy (non-hydrogen) atoms. The molecule has 6 heteroatoms. The largest absolute Gasteiger partial charge is 0.351 e. The monoisotopic (exact) mass is 397 g/mol. The average molecular weight is 398 g/mol. The standard InChI is InChI=1S/C23H31N3O3/c1-15(23-12-17-9-18(13-23)11-19(10-17)14-23)7-21(27)25-3-5-26(6-4-25)22(28)20-8-16(2)24-29-20/h7-8,17-19H,3-6,9-14H2,1-2H3/b15-7-. The van der Waals surface area contributed by atoms with E-state index in [1.54, 1.807) is 17.9 Å². The van der Waals surface area contributed by atoms with Crippen molar-refractivity contribution in [2.24, 2.45) is 23.2 Å². The highest BCUT2D eigenvalue weighted by Crippen LogP contribution is 2.62. The fourth-order valence-electron chi connectivity index (χ4n) is 6.77. The Morgan fingerprint density at radius 2 is 1.59 bits per heavy atom. The third-order valence-corrected chi connectivity index (χ3v) is 7.93. The first-order valence-corrected chi connectivity index (χ1v) is 11.1. The van der Waals surface area contributed by atoms with Crippen LogP contribution in [0.5, 0.6) is 0 Å². The van der Waals surface area contributed by atoms with Gasteiger partial charge in [-0.1, -0.05) is 10.7 Å². The van der Waals surface area contributed by atoms with Crippen molar-refractivity contribution in [3.05, 3.63) is 29.2 Å². The topological polar surface area (TPSA) is 66.7 Å². The van der Waals surface area contributed by atoms with Crippen LogP contribution in [0, 0.1) is 30.1 Å². The molecule has 4 aliphatic carbocycles. The molecule has 6 nitrogen and oxygen atoms in total. The van der Waals surface area contributed by atoms with E-state index in [1.807, 2.05) is 11.0 Å². The molecule has 0 radical (unpaired) electrons. The number of allylic oxidation sites excluding steroid dienone is 1. The normalized spacial score (nSPS) is 34.0. The maximum atomic E-state index is 13.0. The third kappa shape index (κ3) is 3.40. The van der Waals surface area contributed by atoms with Gasteiger partial charge in [0, 0.05) is 38.3 Å². The van der Waals surface area contributed by atoms with Gasteiger partial charge in [0.25, 0.3) is 5.91 Å². The zero-order valence-corrected chi connectivity index (χ0v) is 17.5. The van der Waals surface area contributed by atoms with Gasteiger partial charge in [-0.15, -0.1) is 0 Å². The Labute approximate surface area is 172 Å². The number of nitrogens with zero attached hydrogens (tertiary/aromatic N) is 3. The molecule has 6 rings (SSSR count). The summed E-state index contributed by atoms with van der Waals surface area (Å²) in [6.07, 6.45) is 10.0. The summed E-state index contributed by atoms with van der Waals surface area (Å²) in [6, 6.07) is 1.66. The molecule has 4 saturated carbocycles. The summed E-state index contributed by atoms with van der Waals surface area (Å²) in [6.45, 7) is 6.21. The van der Waals surface area contributed by atoms with Crippen LogP contribution < -0.4 is 0 Å². The highest BCUT2D eigenvalue weighted by atomic mass is 16.5. The molecule has 0 spiro atoms. The Morgan fingerprint density at radius 1 is 1.03 bits per heavy atom. The molecule has 156 valence electrons. The number of rotatable bonds is 3. The van der Waals surface area contributed by atoms with E-state index in [0.29, 0.717) is 31.9 Å². The van der Waals surface area contributed by atoms with Crippen molar-refractivity contribution in [2.45, 2.75) is 52.4 Å².